The predicted molar refractivity (Wildman–Crippen MR) is 61.1 cm³/mol. The molecular formula is C12H16O4. The van der Waals surface area contributed by atoms with E-state index < -0.39 is 13.2 Å². The fourth-order valence-corrected chi connectivity index (χ4v) is 1.69. The van der Waals surface area contributed by atoms with Crippen molar-refractivity contribution >= 4 is 6.08 Å². The molecule has 0 aliphatic carbocycles. The highest BCUT2D eigenvalue weighted by Crippen LogP contribution is 2.38. The standard InChI is InChI=1S/C12H16O4/c1-3-4-8-7(2)11(15)9(5-13)10(6-14)12(8)16/h3-4,13-16H,5-6H2,1-2H3. The molecule has 0 fully saturated rings. The van der Waals surface area contributed by atoms with E-state index in [-0.39, 0.29) is 22.6 Å². The van der Waals surface area contributed by atoms with Crippen molar-refractivity contribution in [3.63, 3.8) is 0 Å². The summed E-state index contributed by atoms with van der Waals surface area (Å²) in [6.45, 7) is 2.57. The van der Waals surface area contributed by atoms with Crippen LogP contribution >= 0.6 is 0 Å². The molecule has 0 saturated heterocycles. The fraction of sp³-hybridized carbons (Fsp3) is 0.333. The molecule has 0 aliphatic rings. The van der Waals surface area contributed by atoms with Gasteiger partial charge in [0.1, 0.15) is 11.5 Å². The van der Waals surface area contributed by atoms with Crippen LogP contribution in [0.15, 0.2) is 6.08 Å². The molecule has 0 radical (unpaired) electrons. The van der Waals surface area contributed by atoms with Crippen LogP contribution in [0.1, 0.15) is 29.2 Å². The number of phenols is 2. The quantitative estimate of drug-likeness (QED) is 0.585. The van der Waals surface area contributed by atoms with Crippen molar-refractivity contribution in [1.82, 2.24) is 0 Å². The number of allylic oxidation sites excluding steroid dienone is 1. The van der Waals surface area contributed by atoms with Crippen molar-refractivity contribution in [3.05, 3.63) is 28.3 Å². The van der Waals surface area contributed by atoms with Gasteiger partial charge in [-0.05, 0) is 13.8 Å². The summed E-state index contributed by atoms with van der Waals surface area (Å²) in [6.07, 6.45) is 3.37. The van der Waals surface area contributed by atoms with E-state index in [2.05, 4.69) is 0 Å². The zero-order valence-electron chi connectivity index (χ0n) is 9.36. The number of aromatic hydroxyl groups is 2. The minimum absolute atomic E-state index is 0.0857. The van der Waals surface area contributed by atoms with E-state index in [1.165, 1.54) is 0 Å². The maximum Gasteiger partial charge on any atom is 0.129 e. The van der Waals surface area contributed by atoms with E-state index in [0.29, 0.717) is 11.1 Å². The van der Waals surface area contributed by atoms with E-state index >= 15 is 0 Å². The Bertz CT molecular complexity index is 422. The van der Waals surface area contributed by atoms with Crippen molar-refractivity contribution in [2.24, 2.45) is 0 Å². The molecule has 0 atom stereocenters. The van der Waals surface area contributed by atoms with Crippen LogP contribution < -0.4 is 0 Å². The molecule has 0 spiro atoms. The number of hydrogen-bond donors (Lipinski definition) is 4. The summed E-state index contributed by atoms with van der Waals surface area (Å²) in [7, 11) is 0. The number of aliphatic hydroxyl groups excluding tert-OH is 2. The van der Waals surface area contributed by atoms with Crippen LogP contribution in [0.4, 0.5) is 0 Å². The van der Waals surface area contributed by atoms with Gasteiger partial charge in [-0.1, -0.05) is 12.2 Å². The maximum absolute atomic E-state index is 9.90. The highest BCUT2D eigenvalue weighted by molar-refractivity contribution is 5.68. The first-order chi connectivity index (χ1) is 7.58. The van der Waals surface area contributed by atoms with Crippen molar-refractivity contribution in [2.45, 2.75) is 27.1 Å². The Balaban J connectivity index is 3.62. The van der Waals surface area contributed by atoms with E-state index in [1.54, 1.807) is 26.0 Å². The predicted octanol–water partition coefficient (Wildman–Crippen LogP) is 1.42. The van der Waals surface area contributed by atoms with E-state index in [0.717, 1.165) is 0 Å². The molecule has 0 aliphatic heterocycles. The lowest BCUT2D eigenvalue weighted by Crippen LogP contribution is -2.00. The van der Waals surface area contributed by atoms with Crippen LogP contribution in [0, 0.1) is 6.92 Å². The van der Waals surface area contributed by atoms with Crippen molar-refractivity contribution in [2.75, 3.05) is 0 Å². The minimum Gasteiger partial charge on any atom is -0.507 e. The van der Waals surface area contributed by atoms with Gasteiger partial charge in [-0.2, -0.15) is 0 Å². The van der Waals surface area contributed by atoms with Gasteiger partial charge in [0.05, 0.1) is 13.2 Å². The van der Waals surface area contributed by atoms with Crippen LogP contribution in [0.2, 0.25) is 0 Å². The van der Waals surface area contributed by atoms with Gasteiger partial charge >= 0.3 is 0 Å². The monoisotopic (exact) mass is 224 g/mol. The third kappa shape index (κ3) is 1.89. The first-order valence-corrected chi connectivity index (χ1v) is 4.99. The van der Waals surface area contributed by atoms with E-state index in [9.17, 15) is 10.2 Å². The molecule has 88 valence electrons. The Morgan fingerprint density at radius 2 is 1.50 bits per heavy atom. The molecule has 0 unspecified atom stereocenters. The second-order valence-electron chi connectivity index (χ2n) is 3.51. The van der Waals surface area contributed by atoms with Gasteiger partial charge in [-0.3, -0.25) is 0 Å². The minimum atomic E-state index is -0.430. The smallest absolute Gasteiger partial charge is 0.129 e. The molecule has 4 nitrogen and oxygen atoms in total. The Kier molecular flexibility index (Phi) is 3.93. The molecule has 0 amide bonds. The van der Waals surface area contributed by atoms with E-state index in [4.69, 9.17) is 10.2 Å². The average Bonchev–Trinajstić information content (AvgIpc) is 2.29. The molecule has 1 aromatic rings. The first kappa shape index (κ1) is 12.5. The molecule has 16 heavy (non-hydrogen) atoms. The number of benzene rings is 1. The number of hydrogen-bond acceptors (Lipinski definition) is 4. The molecule has 0 aromatic heterocycles. The fourth-order valence-electron chi connectivity index (χ4n) is 1.69. The summed E-state index contributed by atoms with van der Waals surface area (Å²) in [5, 5.41) is 38.0. The lowest BCUT2D eigenvalue weighted by Gasteiger charge is -2.15. The highest BCUT2D eigenvalue weighted by atomic mass is 16.3. The van der Waals surface area contributed by atoms with Crippen molar-refractivity contribution < 1.29 is 20.4 Å². The van der Waals surface area contributed by atoms with Crippen molar-refractivity contribution in [1.29, 1.82) is 0 Å². The Morgan fingerprint density at radius 3 is 1.94 bits per heavy atom. The van der Waals surface area contributed by atoms with Crippen LogP contribution in [0.5, 0.6) is 11.5 Å². The third-order valence-corrected chi connectivity index (χ3v) is 2.60. The summed E-state index contributed by atoms with van der Waals surface area (Å²) in [5.74, 6) is -0.183. The Morgan fingerprint density at radius 1 is 1.00 bits per heavy atom. The summed E-state index contributed by atoms with van der Waals surface area (Å²) < 4.78 is 0. The second-order valence-corrected chi connectivity index (χ2v) is 3.51. The molecule has 0 heterocycles. The molecule has 1 rings (SSSR count). The largest absolute Gasteiger partial charge is 0.507 e. The number of aliphatic hydroxyl groups is 2. The van der Waals surface area contributed by atoms with E-state index in [1.807, 2.05) is 0 Å². The lowest BCUT2D eigenvalue weighted by molar-refractivity contribution is 0.250. The van der Waals surface area contributed by atoms with Crippen LogP contribution in [-0.4, -0.2) is 20.4 Å². The average molecular weight is 224 g/mol. The van der Waals surface area contributed by atoms with Gasteiger partial charge in [0.25, 0.3) is 0 Å². The third-order valence-electron chi connectivity index (χ3n) is 2.60. The van der Waals surface area contributed by atoms with Gasteiger partial charge in [-0.15, -0.1) is 0 Å². The van der Waals surface area contributed by atoms with Gasteiger partial charge in [0.15, 0.2) is 0 Å². The molecule has 4 N–H and O–H groups in total. The summed E-state index contributed by atoms with van der Waals surface area (Å²) >= 11 is 0. The van der Waals surface area contributed by atoms with Gasteiger partial charge < -0.3 is 20.4 Å². The Hall–Kier alpha value is -1.52. The second kappa shape index (κ2) is 5.01. The lowest BCUT2D eigenvalue weighted by atomic mass is 9.96. The van der Waals surface area contributed by atoms with Gasteiger partial charge in [0.2, 0.25) is 0 Å². The summed E-state index contributed by atoms with van der Waals surface area (Å²) in [6, 6.07) is 0. The summed E-state index contributed by atoms with van der Waals surface area (Å²) in [5.41, 5.74) is 1.28. The topological polar surface area (TPSA) is 80.9 Å². The zero-order chi connectivity index (χ0) is 12.3. The zero-order valence-corrected chi connectivity index (χ0v) is 9.36. The molecule has 0 bridgehead atoms. The van der Waals surface area contributed by atoms with Crippen molar-refractivity contribution in [3.8, 4) is 11.5 Å². The normalized spacial score (nSPS) is 11.2. The van der Waals surface area contributed by atoms with Crippen LogP contribution in [-0.2, 0) is 13.2 Å². The Labute approximate surface area is 94.1 Å². The van der Waals surface area contributed by atoms with Gasteiger partial charge in [-0.25, -0.2) is 0 Å². The first-order valence-electron chi connectivity index (χ1n) is 4.99. The SMILES string of the molecule is CC=Cc1c(C)c(O)c(CO)c(CO)c1O. The number of rotatable bonds is 3. The van der Waals surface area contributed by atoms with Crippen LogP contribution in [0.3, 0.4) is 0 Å². The molecular weight excluding hydrogens is 208 g/mol. The maximum atomic E-state index is 9.90. The van der Waals surface area contributed by atoms with Crippen LogP contribution in [0.25, 0.3) is 6.08 Å². The van der Waals surface area contributed by atoms with Gasteiger partial charge in [0, 0.05) is 22.3 Å². The molecule has 4 heteroatoms. The highest BCUT2D eigenvalue weighted by Gasteiger charge is 2.18. The molecule has 1 aromatic carbocycles. The molecule has 0 saturated carbocycles. The summed E-state index contributed by atoms with van der Waals surface area (Å²) in [4.78, 5) is 0.